The van der Waals surface area contributed by atoms with Gasteiger partial charge in [-0.25, -0.2) is 4.98 Å². The molecule has 5 heteroatoms. The zero-order valence-corrected chi connectivity index (χ0v) is 8.98. The van der Waals surface area contributed by atoms with Crippen LogP contribution in [0.25, 0.3) is 0 Å². The molecule has 76 valence electrons. The van der Waals surface area contributed by atoms with E-state index >= 15 is 0 Å². The molecule has 14 heavy (non-hydrogen) atoms. The molecule has 1 N–H and O–H groups in total. The minimum Gasteiger partial charge on any atom is -0.351 e. The fraction of sp³-hybridized carbons (Fsp3) is 0.444. The van der Waals surface area contributed by atoms with Crippen molar-refractivity contribution >= 4 is 23.0 Å². The van der Waals surface area contributed by atoms with Gasteiger partial charge in [-0.2, -0.15) is 0 Å². The highest BCUT2D eigenvalue weighted by atomic mass is 32.1. The number of Topliss-reactive ketones (excluding diaryl/α,β-unsaturated/α-hetero) is 1. The van der Waals surface area contributed by atoms with Crippen molar-refractivity contribution in [3.8, 4) is 0 Å². The molecule has 0 bridgehead atoms. The molecule has 0 aromatic carbocycles. The third kappa shape index (κ3) is 3.26. The fourth-order valence-electron chi connectivity index (χ4n) is 0.963. The summed E-state index contributed by atoms with van der Waals surface area (Å²) < 4.78 is 0. The van der Waals surface area contributed by atoms with Crippen molar-refractivity contribution in [1.82, 2.24) is 10.3 Å². The average Bonchev–Trinajstić information content (AvgIpc) is 2.46. The molecule has 0 aliphatic carbocycles. The molecule has 0 saturated heterocycles. The number of carbonyl (C=O) groups is 2. The molecule has 0 aliphatic rings. The highest BCUT2D eigenvalue weighted by molar-refractivity contribution is 7.09. The maximum absolute atomic E-state index is 11.1. The quantitative estimate of drug-likeness (QED) is 0.759. The SMILES string of the molecule is CC(=O)CC(=O)NCc1scnc1C. The highest BCUT2D eigenvalue weighted by Crippen LogP contribution is 2.11. The minimum absolute atomic E-state index is 0.0438. The molecular weight excluding hydrogens is 200 g/mol. The lowest BCUT2D eigenvalue weighted by atomic mass is 10.3. The van der Waals surface area contributed by atoms with Crippen molar-refractivity contribution in [2.24, 2.45) is 0 Å². The van der Waals surface area contributed by atoms with E-state index < -0.39 is 0 Å². The molecule has 0 saturated carbocycles. The number of aryl methyl sites for hydroxylation is 1. The Morgan fingerprint density at radius 3 is 2.79 bits per heavy atom. The second-order valence-electron chi connectivity index (χ2n) is 3.02. The van der Waals surface area contributed by atoms with Crippen molar-refractivity contribution in [2.75, 3.05) is 0 Å². The number of aromatic nitrogens is 1. The van der Waals surface area contributed by atoms with E-state index in [2.05, 4.69) is 10.3 Å². The number of nitrogens with zero attached hydrogens (tertiary/aromatic N) is 1. The second-order valence-corrected chi connectivity index (χ2v) is 3.96. The van der Waals surface area contributed by atoms with Crippen molar-refractivity contribution in [3.05, 3.63) is 16.1 Å². The van der Waals surface area contributed by atoms with Crippen LogP contribution in [0.4, 0.5) is 0 Å². The summed E-state index contributed by atoms with van der Waals surface area (Å²) in [6.07, 6.45) is -0.0438. The van der Waals surface area contributed by atoms with E-state index in [4.69, 9.17) is 0 Å². The predicted molar refractivity (Wildman–Crippen MR) is 54.0 cm³/mol. The fourth-order valence-corrected chi connectivity index (χ4v) is 1.68. The lowest BCUT2D eigenvalue weighted by Crippen LogP contribution is -2.24. The van der Waals surface area contributed by atoms with Crippen LogP contribution in [0.3, 0.4) is 0 Å². The lowest BCUT2D eigenvalue weighted by molar-refractivity contribution is -0.127. The zero-order chi connectivity index (χ0) is 10.6. The van der Waals surface area contributed by atoms with Crippen LogP contribution in [0, 0.1) is 6.92 Å². The molecule has 0 radical (unpaired) electrons. The summed E-state index contributed by atoms with van der Waals surface area (Å²) in [6.45, 7) is 3.75. The molecule has 1 rings (SSSR count). The van der Waals surface area contributed by atoms with Crippen molar-refractivity contribution in [2.45, 2.75) is 26.8 Å². The van der Waals surface area contributed by atoms with Gasteiger partial charge in [-0.15, -0.1) is 11.3 Å². The first kappa shape index (κ1) is 10.8. The van der Waals surface area contributed by atoms with E-state index in [0.717, 1.165) is 10.6 Å². The summed E-state index contributed by atoms with van der Waals surface area (Å²) in [7, 11) is 0. The average molecular weight is 212 g/mol. The van der Waals surface area contributed by atoms with E-state index in [1.165, 1.54) is 18.3 Å². The normalized spacial score (nSPS) is 9.86. The van der Waals surface area contributed by atoms with E-state index in [-0.39, 0.29) is 18.1 Å². The molecule has 0 unspecified atom stereocenters. The Morgan fingerprint density at radius 2 is 2.29 bits per heavy atom. The van der Waals surface area contributed by atoms with Gasteiger partial charge < -0.3 is 5.32 Å². The Balaban J connectivity index is 2.38. The summed E-state index contributed by atoms with van der Waals surface area (Å²) in [5.41, 5.74) is 2.67. The molecule has 0 aliphatic heterocycles. The van der Waals surface area contributed by atoms with Gasteiger partial charge in [0.1, 0.15) is 5.78 Å². The molecule has 0 atom stereocenters. The number of nitrogens with one attached hydrogen (secondary N) is 1. The van der Waals surface area contributed by atoms with Crippen LogP contribution < -0.4 is 5.32 Å². The van der Waals surface area contributed by atoms with Crippen LogP contribution in [-0.2, 0) is 16.1 Å². The first-order valence-electron chi connectivity index (χ1n) is 4.24. The van der Waals surface area contributed by atoms with Gasteiger partial charge >= 0.3 is 0 Å². The summed E-state index contributed by atoms with van der Waals surface area (Å²) in [4.78, 5) is 26.8. The Hall–Kier alpha value is -1.23. The number of amides is 1. The Bertz CT molecular complexity index is 346. The summed E-state index contributed by atoms with van der Waals surface area (Å²) in [6, 6.07) is 0. The number of carbonyl (C=O) groups excluding carboxylic acids is 2. The second kappa shape index (κ2) is 4.85. The van der Waals surface area contributed by atoms with Gasteiger partial charge in [-0.3, -0.25) is 9.59 Å². The largest absolute Gasteiger partial charge is 0.351 e. The van der Waals surface area contributed by atoms with Gasteiger partial charge in [-0.1, -0.05) is 0 Å². The van der Waals surface area contributed by atoms with Crippen molar-refractivity contribution < 1.29 is 9.59 Å². The third-order valence-corrected chi connectivity index (χ3v) is 2.64. The highest BCUT2D eigenvalue weighted by Gasteiger charge is 2.06. The van der Waals surface area contributed by atoms with E-state index in [1.54, 1.807) is 5.51 Å². The van der Waals surface area contributed by atoms with Crippen LogP contribution in [-0.4, -0.2) is 16.7 Å². The Labute approximate surface area is 86.4 Å². The van der Waals surface area contributed by atoms with Crippen LogP contribution >= 0.6 is 11.3 Å². The van der Waals surface area contributed by atoms with Crippen LogP contribution in [0.5, 0.6) is 0 Å². The van der Waals surface area contributed by atoms with Crippen LogP contribution in [0.15, 0.2) is 5.51 Å². The van der Waals surface area contributed by atoms with Gasteiger partial charge in [0.25, 0.3) is 0 Å². The number of hydrogen-bond acceptors (Lipinski definition) is 4. The van der Waals surface area contributed by atoms with Gasteiger partial charge in [0.05, 0.1) is 24.2 Å². The first-order chi connectivity index (χ1) is 6.59. The van der Waals surface area contributed by atoms with E-state index in [1.807, 2.05) is 6.92 Å². The summed E-state index contributed by atoms with van der Waals surface area (Å²) >= 11 is 1.50. The number of rotatable bonds is 4. The third-order valence-electron chi connectivity index (χ3n) is 1.70. The molecule has 1 amide bonds. The maximum atomic E-state index is 11.1. The van der Waals surface area contributed by atoms with Gasteiger partial charge in [0.15, 0.2) is 0 Å². The topological polar surface area (TPSA) is 59.1 Å². The monoisotopic (exact) mass is 212 g/mol. The van der Waals surface area contributed by atoms with Crippen LogP contribution in [0.2, 0.25) is 0 Å². The number of ketones is 1. The smallest absolute Gasteiger partial charge is 0.227 e. The Morgan fingerprint density at radius 1 is 1.57 bits per heavy atom. The molecule has 0 fully saturated rings. The van der Waals surface area contributed by atoms with Crippen molar-refractivity contribution in [1.29, 1.82) is 0 Å². The lowest BCUT2D eigenvalue weighted by Gasteiger charge is -2.01. The molecule has 0 spiro atoms. The van der Waals surface area contributed by atoms with Crippen molar-refractivity contribution in [3.63, 3.8) is 0 Å². The van der Waals surface area contributed by atoms with Gasteiger partial charge in [0.2, 0.25) is 5.91 Å². The molecular formula is C9H12N2O2S. The first-order valence-corrected chi connectivity index (χ1v) is 5.12. The molecule has 1 heterocycles. The molecule has 1 aromatic rings. The zero-order valence-electron chi connectivity index (χ0n) is 8.16. The standard InChI is InChI=1S/C9H12N2O2S/c1-6(12)3-9(13)10-4-8-7(2)11-5-14-8/h5H,3-4H2,1-2H3,(H,10,13). The minimum atomic E-state index is -0.231. The van der Waals surface area contributed by atoms with Crippen LogP contribution in [0.1, 0.15) is 23.9 Å². The Kier molecular flexibility index (Phi) is 3.76. The predicted octanol–water partition coefficient (Wildman–Crippen LogP) is 1.05. The summed E-state index contributed by atoms with van der Waals surface area (Å²) in [5, 5.41) is 2.67. The van der Waals surface area contributed by atoms with Gasteiger partial charge in [-0.05, 0) is 13.8 Å². The summed E-state index contributed by atoms with van der Waals surface area (Å²) in [5.74, 6) is -0.353. The molecule has 4 nitrogen and oxygen atoms in total. The molecule has 1 aromatic heterocycles. The number of thiazole rings is 1. The maximum Gasteiger partial charge on any atom is 0.227 e. The number of hydrogen-bond donors (Lipinski definition) is 1. The van der Waals surface area contributed by atoms with E-state index in [0.29, 0.717) is 6.54 Å². The van der Waals surface area contributed by atoms with E-state index in [9.17, 15) is 9.59 Å². The van der Waals surface area contributed by atoms with Gasteiger partial charge in [0, 0.05) is 4.88 Å².